The number of piperidine rings is 1. The zero-order valence-corrected chi connectivity index (χ0v) is 20.5. The molecule has 1 amide bonds. The van der Waals surface area contributed by atoms with Crippen molar-refractivity contribution in [3.05, 3.63) is 59.7 Å². The quantitative estimate of drug-likeness (QED) is 0.420. The van der Waals surface area contributed by atoms with Crippen LogP contribution >= 0.6 is 0 Å². The predicted molar refractivity (Wildman–Crippen MR) is 134 cm³/mol. The summed E-state index contributed by atoms with van der Waals surface area (Å²) in [5, 5.41) is 4.50. The number of benzene rings is 2. The van der Waals surface area contributed by atoms with E-state index < -0.39 is 0 Å². The van der Waals surface area contributed by atoms with Gasteiger partial charge >= 0.3 is 0 Å². The predicted octanol–water partition coefficient (Wildman–Crippen LogP) is 5.64. The van der Waals surface area contributed by atoms with Gasteiger partial charge in [0, 0.05) is 31.6 Å². The summed E-state index contributed by atoms with van der Waals surface area (Å²) in [5.74, 6) is 2.63. The SMILES string of the molecule is CC(C)CC(=O)N(Cc1ccc2c(c1)OCO2)Cc1c(-c2ccccc2)noc1N1CCCCC1. The number of ether oxygens (including phenoxy) is 2. The molecule has 1 fully saturated rings. The van der Waals surface area contributed by atoms with Crippen molar-refractivity contribution < 1.29 is 18.8 Å². The zero-order valence-electron chi connectivity index (χ0n) is 20.5. The van der Waals surface area contributed by atoms with Gasteiger partial charge in [-0.3, -0.25) is 4.79 Å². The van der Waals surface area contributed by atoms with E-state index in [0.717, 1.165) is 65.7 Å². The first-order chi connectivity index (χ1) is 17.1. The Balaban J connectivity index is 1.49. The van der Waals surface area contributed by atoms with Gasteiger partial charge in [-0.2, -0.15) is 0 Å². The molecule has 0 radical (unpaired) electrons. The van der Waals surface area contributed by atoms with Crippen LogP contribution in [0.3, 0.4) is 0 Å². The zero-order chi connectivity index (χ0) is 24.2. The van der Waals surface area contributed by atoms with Gasteiger partial charge in [0.15, 0.2) is 11.5 Å². The fourth-order valence-corrected chi connectivity index (χ4v) is 4.77. The Bertz CT molecular complexity index is 1150. The summed E-state index contributed by atoms with van der Waals surface area (Å²) in [6.07, 6.45) is 3.98. The smallest absolute Gasteiger partial charge is 0.232 e. The van der Waals surface area contributed by atoms with Crippen LogP contribution in [0.2, 0.25) is 0 Å². The lowest BCUT2D eigenvalue weighted by atomic mass is 10.0. The summed E-state index contributed by atoms with van der Waals surface area (Å²) in [7, 11) is 0. The molecule has 0 spiro atoms. The lowest BCUT2D eigenvalue weighted by Gasteiger charge is -2.29. The van der Waals surface area contributed by atoms with E-state index in [1.54, 1.807) is 0 Å². The van der Waals surface area contributed by atoms with Crippen LogP contribution in [-0.4, -0.2) is 35.8 Å². The molecule has 2 aliphatic rings. The molecular weight excluding hydrogens is 442 g/mol. The first kappa shape index (κ1) is 23.3. The van der Waals surface area contributed by atoms with Crippen LogP contribution in [0, 0.1) is 5.92 Å². The van der Waals surface area contributed by atoms with Crippen LogP contribution in [0.4, 0.5) is 5.88 Å². The normalized spacial score (nSPS) is 15.0. The minimum Gasteiger partial charge on any atom is -0.454 e. The molecule has 7 nitrogen and oxygen atoms in total. The third kappa shape index (κ3) is 5.29. The number of anilines is 1. The average Bonchev–Trinajstić information content (AvgIpc) is 3.51. The Hall–Kier alpha value is -3.48. The van der Waals surface area contributed by atoms with E-state index in [1.807, 2.05) is 53.4 Å². The number of fused-ring (bicyclic) bond motifs is 1. The van der Waals surface area contributed by atoms with Crippen molar-refractivity contribution in [2.45, 2.75) is 52.6 Å². The minimum atomic E-state index is 0.113. The first-order valence-electron chi connectivity index (χ1n) is 12.5. The van der Waals surface area contributed by atoms with E-state index in [4.69, 9.17) is 14.0 Å². The van der Waals surface area contributed by atoms with E-state index in [2.05, 4.69) is 23.9 Å². The van der Waals surface area contributed by atoms with Gasteiger partial charge < -0.3 is 23.8 Å². The summed E-state index contributed by atoms with van der Waals surface area (Å²) in [6.45, 7) is 7.17. The van der Waals surface area contributed by atoms with E-state index in [0.29, 0.717) is 19.5 Å². The Morgan fingerprint density at radius 3 is 2.54 bits per heavy atom. The van der Waals surface area contributed by atoms with Crippen LogP contribution in [-0.2, 0) is 17.9 Å². The highest BCUT2D eigenvalue weighted by Gasteiger charge is 2.27. The van der Waals surface area contributed by atoms with Gasteiger partial charge in [-0.15, -0.1) is 0 Å². The third-order valence-electron chi connectivity index (χ3n) is 6.55. The van der Waals surface area contributed by atoms with Gasteiger partial charge in [0.05, 0.1) is 12.1 Å². The third-order valence-corrected chi connectivity index (χ3v) is 6.55. The van der Waals surface area contributed by atoms with Crippen LogP contribution in [0.1, 0.15) is 50.7 Å². The first-order valence-corrected chi connectivity index (χ1v) is 12.5. The maximum atomic E-state index is 13.5. The summed E-state index contributed by atoms with van der Waals surface area (Å²) in [6, 6.07) is 16.0. The highest BCUT2D eigenvalue weighted by molar-refractivity contribution is 5.77. The second kappa shape index (κ2) is 10.4. The van der Waals surface area contributed by atoms with Crippen LogP contribution in [0.25, 0.3) is 11.3 Å². The van der Waals surface area contributed by atoms with Gasteiger partial charge in [-0.1, -0.05) is 55.4 Å². The standard InChI is InChI=1S/C28H33N3O4/c1-20(2)15-26(32)31(17-21-11-12-24-25(16-21)34-19-33-24)18-23-27(22-9-5-3-6-10-22)29-35-28(23)30-13-7-4-8-14-30/h3,5-6,9-12,16,20H,4,7-8,13-15,17-19H2,1-2H3. The molecule has 0 aliphatic carbocycles. The van der Waals surface area contributed by atoms with Crippen molar-refractivity contribution in [2.24, 2.45) is 5.92 Å². The van der Waals surface area contributed by atoms with Crippen molar-refractivity contribution in [2.75, 3.05) is 24.8 Å². The van der Waals surface area contributed by atoms with E-state index in [-0.39, 0.29) is 18.6 Å². The van der Waals surface area contributed by atoms with Gasteiger partial charge in [-0.05, 0) is 42.9 Å². The Morgan fingerprint density at radius 2 is 1.77 bits per heavy atom. The number of carbonyl (C=O) groups is 1. The van der Waals surface area contributed by atoms with Crippen LogP contribution in [0.5, 0.6) is 11.5 Å². The molecule has 7 heteroatoms. The minimum absolute atomic E-state index is 0.113. The number of amides is 1. The number of aromatic nitrogens is 1. The molecule has 0 saturated carbocycles. The fourth-order valence-electron chi connectivity index (χ4n) is 4.77. The largest absolute Gasteiger partial charge is 0.454 e. The molecule has 3 aromatic rings. The molecule has 3 heterocycles. The fraction of sp³-hybridized carbons (Fsp3) is 0.429. The Labute approximate surface area is 206 Å². The molecule has 0 atom stereocenters. The molecule has 5 rings (SSSR count). The summed E-state index contributed by atoms with van der Waals surface area (Å²) in [4.78, 5) is 17.7. The molecular formula is C28H33N3O4. The maximum Gasteiger partial charge on any atom is 0.232 e. The number of hydrogen-bond acceptors (Lipinski definition) is 6. The summed E-state index contributed by atoms with van der Waals surface area (Å²) >= 11 is 0. The second-order valence-corrected chi connectivity index (χ2v) is 9.76. The average molecular weight is 476 g/mol. The second-order valence-electron chi connectivity index (χ2n) is 9.76. The Morgan fingerprint density at radius 1 is 1.00 bits per heavy atom. The molecule has 2 aliphatic heterocycles. The van der Waals surface area contributed by atoms with Crippen LogP contribution < -0.4 is 14.4 Å². The number of nitrogens with zero attached hydrogens (tertiary/aromatic N) is 3. The topological polar surface area (TPSA) is 68.0 Å². The van der Waals surface area contributed by atoms with Crippen LogP contribution in [0.15, 0.2) is 53.1 Å². The van der Waals surface area contributed by atoms with E-state index in [9.17, 15) is 4.79 Å². The Kier molecular flexibility index (Phi) is 6.93. The highest BCUT2D eigenvalue weighted by atomic mass is 16.7. The molecule has 2 aromatic carbocycles. The van der Waals surface area contributed by atoms with Gasteiger partial charge in [0.2, 0.25) is 18.6 Å². The van der Waals surface area contributed by atoms with Crippen molar-refractivity contribution in [1.29, 1.82) is 0 Å². The lowest BCUT2D eigenvalue weighted by molar-refractivity contribution is -0.133. The van der Waals surface area contributed by atoms with Gasteiger partial charge in [0.1, 0.15) is 5.69 Å². The number of hydrogen-bond donors (Lipinski definition) is 0. The molecule has 184 valence electrons. The lowest BCUT2D eigenvalue weighted by Crippen LogP contribution is -2.33. The molecule has 0 N–H and O–H groups in total. The number of rotatable bonds is 8. The molecule has 35 heavy (non-hydrogen) atoms. The number of carbonyl (C=O) groups excluding carboxylic acids is 1. The monoisotopic (exact) mass is 475 g/mol. The van der Waals surface area contributed by atoms with Gasteiger partial charge in [0.25, 0.3) is 0 Å². The molecule has 1 aromatic heterocycles. The molecule has 0 unspecified atom stereocenters. The summed E-state index contributed by atoms with van der Waals surface area (Å²) in [5.41, 5.74) is 3.77. The van der Waals surface area contributed by atoms with Crippen molar-refractivity contribution >= 4 is 11.8 Å². The van der Waals surface area contributed by atoms with E-state index >= 15 is 0 Å². The van der Waals surface area contributed by atoms with Gasteiger partial charge in [-0.25, -0.2) is 0 Å². The van der Waals surface area contributed by atoms with Crippen molar-refractivity contribution in [1.82, 2.24) is 10.1 Å². The molecule has 1 saturated heterocycles. The van der Waals surface area contributed by atoms with Crippen molar-refractivity contribution in [3.63, 3.8) is 0 Å². The highest BCUT2D eigenvalue weighted by Crippen LogP contribution is 2.36. The van der Waals surface area contributed by atoms with Crippen molar-refractivity contribution in [3.8, 4) is 22.8 Å². The van der Waals surface area contributed by atoms with E-state index in [1.165, 1.54) is 6.42 Å². The maximum absolute atomic E-state index is 13.5. The molecule has 0 bridgehead atoms. The summed E-state index contributed by atoms with van der Waals surface area (Å²) < 4.78 is 17.0.